The maximum Gasteiger partial charge on any atom is 0.416 e. The molecule has 0 aliphatic carbocycles. The van der Waals surface area contributed by atoms with Crippen LogP contribution in [0.2, 0.25) is 0 Å². The molecule has 0 unspecified atom stereocenters. The molecule has 1 fully saturated rings. The normalized spacial score (nSPS) is 17.0. The summed E-state index contributed by atoms with van der Waals surface area (Å²) in [6.07, 6.45) is 2.06. The van der Waals surface area contributed by atoms with Crippen LogP contribution < -0.4 is 5.32 Å². The predicted molar refractivity (Wildman–Crippen MR) is 139 cm³/mol. The molecule has 1 aromatic carbocycles. The molecule has 2 aliphatic heterocycles. The van der Waals surface area contributed by atoms with E-state index in [0.717, 1.165) is 59.0 Å². The number of imidazole rings is 1. The van der Waals surface area contributed by atoms with E-state index in [9.17, 15) is 26.4 Å². The Kier molecular flexibility index (Phi) is 7.31. The van der Waals surface area contributed by atoms with Crippen LogP contribution in [-0.4, -0.2) is 47.6 Å². The quantitative estimate of drug-likeness (QED) is 0.404. The van der Waals surface area contributed by atoms with Gasteiger partial charge in [-0.05, 0) is 80.5 Å². The summed E-state index contributed by atoms with van der Waals surface area (Å²) in [5.74, 6) is 0.195. The van der Waals surface area contributed by atoms with Crippen molar-refractivity contribution in [3.8, 4) is 0 Å². The lowest BCUT2D eigenvalue weighted by atomic mass is 9.93. The molecule has 0 radical (unpaired) electrons. The number of rotatable bonds is 7. The molecular weight excluding hydrogens is 537 g/mol. The first-order chi connectivity index (χ1) is 18.0. The van der Waals surface area contributed by atoms with Gasteiger partial charge in [0.1, 0.15) is 5.65 Å². The van der Waals surface area contributed by atoms with Crippen LogP contribution in [0.4, 0.5) is 13.2 Å². The average Bonchev–Trinajstić information content (AvgIpc) is 3.32. The first-order valence-electron chi connectivity index (χ1n) is 12.4. The van der Waals surface area contributed by atoms with Crippen LogP contribution in [-0.2, 0) is 21.0 Å². The van der Waals surface area contributed by atoms with Gasteiger partial charge in [-0.25, -0.2) is 13.4 Å². The second-order valence-corrected chi connectivity index (χ2v) is 12.5. The van der Waals surface area contributed by atoms with E-state index in [1.807, 2.05) is 29.5 Å². The third-order valence-corrected chi connectivity index (χ3v) is 10.2. The molecule has 2 aliphatic rings. The second kappa shape index (κ2) is 10.4. The van der Waals surface area contributed by atoms with Crippen LogP contribution in [0.5, 0.6) is 0 Å². The van der Waals surface area contributed by atoms with E-state index >= 15 is 0 Å². The summed E-state index contributed by atoms with van der Waals surface area (Å²) in [4.78, 5) is 17.7. The van der Waals surface area contributed by atoms with Crippen LogP contribution >= 0.6 is 11.8 Å². The summed E-state index contributed by atoms with van der Waals surface area (Å²) in [7, 11) is -3.84. The molecule has 7 nitrogen and oxygen atoms in total. The van der Waals surface area contributed by atoms with Gasteiger partial charge in [-0.2, -0.15) is 17.5 Å². The molecule has 5 rings (SSSR count). The van der Waals surface area contributed by atoms with Gasteiger partial charge in [-0.15, -0.1) is 0 Å². The minimum absolute atomic E-state index is 0.128. The molecule has 0 spiro atoms. The van der Waals surface area contributed by atoms with Gasteiger partial charge >= 0.3 is 6.18 Å². The average molecular weight is 565 g/mol. The Morgan fingerprint density at radius 3 is 2.53 bits per heavy atom. The van der Waals surface area contributed by atoms with E-state index in [1.54, 1.807) is 6.20 Å². The Labute approximate surface area is 223 Å². The van der Waals surface area contributed by atoms with Gasteiger partial charge in [0, 0.05) is 19.6 Å². The van der Waals surface area contributed by atoms with Crippen LogP contribution in [0.1, 0.15) is 42.5 Å². The van der Waals surface area contributed by atoms with Crippen LogP contribution in [0.3, 0.4) is 0 Å². The van der Waals surface area contributed by atoms with Gasteiger partial charge in [-0.1, -0.05) is 17.8 Å². The van der Waals surface area contributed by atoms with E-state index in [1.165, 1.54) is 16.1 Å². The zero-order valence-electron chi connectivity index (χ0n) is 20.7. The highest BCUT2D eigenvalue weighted by Gasteiger charge is 2.33. The van der Waals surface area contributed by atoms with Crippen molar-refractivity contribution in [2.75, 3.05) is 19.6 Å². The van der Waals surface area contributed by atoms with Crippen molar-refractivity contribution in [1.29, 1.82) is 0 Å². The van der Waals surface area contributed by atoms with Crippen molar-refractivity contribution >= 4 is 39.4 Å². The molecule has 202 valence electrons. The summed E-state index contributed by atoms with van der Waals surface area (Å²) in [5.41, 5.74) is 1.93. The molecule has 12 heteroatoms. The summed E-state index contributed by atoms with van der Waals surface area (Å²) in [6.45, 7) is 3.17. The standard InChI is InChI=1S/C26H27F3N4O3S2/c1-17-4-9-23-31-16-20-15-22(37-25(17)33(20)23)24(34)30-12-2-3-18-10-13-32(14-11-18)38(35,36)21-7-5-19(6-8-21)26(27,28)29/h4-9,15-16,18H,2-3,10-14H2,1H3,(H,30,34). The lowest BCUT2D eigenvalue weighted by Gasteiger charge is -2.31. The zero-order chi connectivity index (χ0) is 27.1. The fraction of sp³-hybridized carbons (Fsp3) is 0.385. The Morgan fingerprint density at radius 2 is 1.84 bits per heavy atom. The number of alkyl halides is 3. The molecule has 1 amide bonds. The summed E-state index contributed by atoms with van der Waals surface area (Å²) in [6, 6.07) is 7.58. The van der Waals surface area contributed by atoms with Crippen molar-refractivity contribution in [2.45, 2.75) is 48.7 Å². The van der Waals surface area contributed by atoms with Gasteiger partial charge in [-0.3, -0.25) is 9.20 Å². The number of hydrogen-bond acceptors (Lipinski definition) is 5. The number of carbonyl (C=O) groups excluding carboxylic acids is 1. The van der Waals surface area contributed by atoms with Crippen molar-refractivity contribution in [3.05, 3.63) is 64.3 Å². The molecule has 1 N–H and O–H groups in total. The van der Waals surface area contributed by atoms with E-state index in [2.05, 4.69) is 10.3 Å². The van der Waals surface area contributed by atoms with Crippen LogP contribution in [0, 0.1) is 12.8 Å². The molecule has 2 aromatic heterocycles. The number of thioether (sulfide) groups is 1. The highest BCUT2D eigenvalue weighted by atomic mass is 32.2. The molecule has 1 saturated heterocycles. The SMILES string of the molecule is Cc1ccc2ncc3n2c1SC(C(=O)NCCCC1CCN(S(=O)(=O)c2ccc(C(F)(F)F)cc2)CC1)=C3. The van der Waals surface area contributed by atoms with Crippen LogP contribution in [0.15, 0.2) is 57.4 Å². The number of nitrogens with one attached hydrogen (secondary N) is 1. The largest absolute Gasteiger partial charge is 0.416 e. The highest BCUT2D eigenvalue weighted by Crippen LogP contribution is 2.36. The summed E-state index contributed by atoms with van der Waals surface area (Å²) < 4.78 is 67.5. The molecule has 0 atom stereocenters. The topological polar surface area (TPSA) is 83.8 Å². The van der Waals surface area contributed by atoms with E-state index < -0.39 is 21.8 Å². The van der Waals surface area contributed by atoms with E-state index in [-0.39, 0.29) is 10.8 Å². The number of pyridine rings is 1. The van der Waals surface area contributed by atoms with Gasteiger partial charge in [0.2, 0.25) is 10.0 Å². The third kappa shape index (κ3) is 5.34. The monoisotopic (exact) mass is 564 g/mol. The number of hydrogen-bond donors (Lipinski definition) is 1. The maximum absolute atomic E-state index is 12.9. The Hall–Kier alpha value is -2.83. The van der Waals surface area contributed by atoms with Crippen molar-refractivity contribution in [3.63, 3.8) is 0 Å². The summed E-state index contributed by atoms with van der Waals surface area (Å²) in [5, 5.41) is 3.98. The zero-order valence-corrected chi connectivity index (χ0v) is 22.3. The van der Waals surface area contributed by atoms with Crippen molar-refractivity contribution < 1.29 is 26.4 Å². The predicted octanol–water partition coefficient (Wildman–Crippen LogP) is 5.11. The number of sulfonamides is 1. The lowest BCUT2D eigenvalue weighted by Crippen LogP contribution is -2.38. The van der Waals surface area contributed by atoms with Crippen molar-refractivity contribution in [2.24, 2.45) is 5.92 Å². The van der Waals surface area contributed by atoms with E-state index in [0.29, 0.717) is 43.3 Å². The number of aryl methyl sites for hydroxylation is 1. The molecule has 38 heavy (non-hydrogen) atoms. The van der Waals surface area contributed by atoms with Crippen molar-refractivity contribution in [1.82, 2.24) is 19.0 Å². The molecule has 0 bridgehead atoms. The van der Waals surface area contributed by atoms with Gasteiger partial charge < -0.3 is 5.32 Å². The number of amides is 1. The number of aromatic nitrogens is 2. The molecule has 4 heterocycles. The highest BCUT2D eigenvalue weighted by molar-refractivity contribution is 8.04. The molecule has 0 saturated carbocycles. The minimum atomic E-state index is -4.51. The Morgan fingerprint density at radius 1 is 1.13 bits per heavy atom. The number of nitrogens with zero attached hydrogens (tertiary/aromatic N) is 3. The summed E-state index contributed by atoms with van der Waals surface area (Å²) >= 11 is 1.43. The second-order valence-electron chi connectivity index (χ2n) is 9.58. The fourth-order valence-electron chi connectivity index (χ4n) is 4.86. The number of piperidine rings is 1. The number of carbonyl (C=O) groups is 1. The van der Waals surface area contributed by atoms with E-state index in [4.69, 9.17) is 0 Å². The Balaban J connectivity index is 1.08. The maximum atomic E-state index is 12.9. The smallest absolute Gasteiger partial charge is 0.352 e. The first kappa shape index (κ1) is 26.8. The Bertz CT molecular complexity index is 1490. The van der Waals surface area contributed by atoms with Gasteiger partial charge in [0.15, 0.2) is 0 Å². The number of benzene rings is 1. The fourth-order valence-corrected chi connectivity index (χ4v) is 7.40. The lowest BCUT2D eigenvalue weighted by molar-refractivity contribution is -0.137. The van der Waals surface area contributed by atoms with Crippen LogP contribution in [0.25, 0.3) is 11.7 Å². The minimum Gasteiger partial charge on any atom is -0.352 e. The van der Waals surface area contributed by atoms with Gasteiger partial charge in [0.25, 0.3) is 5.91 Å². The molecule has 3 aromatic rings. The first-order valence-corrected chi connectivity index (χ1v) is 14.6. The third-order valence-electron chi connectivity index (χ3n) is 7.02. The number of halogens is 3. The molecular formula is C26H27F3N4O3S2. The van der Waals surface area contributed by atoms with Gasteiger partial charge in [0.05, 0.1) is 32.3 Å².